The lowest BCUT2D eigenvalue weighted by atomic mass is 9.95. The molecule has 0 aromatic heterocycles. The first kappa shape index (κ1) is 14.2. The number of hydrogen-bond acceptors (Lipinski definition) is 2. The van der Waals surface area contributed by atoms with Gasteiger partial charge in [-0.2, -0.15) is 0 Å². The van der Waals surface area contributed by atoms with Crippen LogP contribution in [-0.4, -0.2) is 26.8 Å². The van der Waals surface area contributed by atoms with E-state index < -0.39 is 0 Å². The van der Waals surface area contributed by atoms with E-state index in [1.54, 1.807) is 0 Å². The highest BCUT2D eigenvalue weighted by atomic mass is 16.5. The molecule has 0 fully saturated rings. The monoisotopic (exact) mass is 235 g/mol. The van der Waals surface area contributed by atoms with Crippen LogP contribution in [0.25, 0.3) is 0 Å². The zero-order chi connectivity index (χ0) is 12.3. The Morgan fingerprint density at radius 1 is 1.24 bits per heavy atom. The van der Waals surface area contributed by atoms with Gasteiger partial charge in [0.15, 0.2) is 0 Å². The summed E-state index contributed by atoms with van der Waals surface area (Å²) >= 11 is 0. The van der Waals surface area contributed by atoms with Crippen molar-refractivity contribution in [1.29, 1.82) is 0 Å². The van der Waals surface area contributed by atoms with E-state index in [2.05, 4.69) is 42.6 Å². The largest absolute Gasteiger partial charge is 0.382 e. The Hall–Kier alpha value is -0.860. The molecule has 0 heterocycles. The quantitative estimate of drug-likeness (QED) is 0.665. The highest BCUT2D eigenvalue weighted by Gasteiger charge is 2.08. The van der Waals surface area contributed by atoms with Crippen molar-refractivity contribution in [2.75, 3.05) is 26.8 Å². The Morgan fingerprint density at radius 3 is 2.65 bits per heavy atom. The fourth-order valence-corrected chi connectivity index (χ4v) is 2.13. The molecule has 0 bridgehead atoms. The van der Waals surface area contributed by atoms with E-state index in [-0.39, 0.29) is 0 Å². The van der Waals surface area contributed by atoms with Gasteiger partial charge in [-0.1, -0.05) is 30.3 Å². The normalized spacial score (nSPS) is 12.6. The van der Waals surface area contributed by atoms with E-state index in [1.807, 2.05) is 7.05 Å². The summed E-state index contributed by atoms with van der Waals surface area (Å²) in [5, 5.41) is 3.29. The standard InChI is InChI=1S/C15H25NO/c1-3-17-11-7-10-15(13-16-2)12-14-8-5-4-6-9-14/h4-6,8-9,15-16H,3,7,10-13H2,1-2H3. The van der Waals surface area contributed by atoms with Crippen molar-refractivity contribution in [2.24, 2.45) is 5.92 Å². The van der Waals surface area contributed by atoms with Crippen LogP contribution in [0.1, 0.15) is 25.3 Å². The van der Waals surface area contributed by atoms with Gasteiger partial charge in [-0.3, -0.25) is 0 Å². The third-order valence-electron chi connectivity index (χ3n) is 2.97. The Balaban J connectivity index is 2.32. The summed E-state index contributed by atoms with van der Waals surface area (Å²) in [6.07, 6.45) is 3.55. The summed E-state index contributed by atoms with van der Waals surface area (Å²) in [6, 6.07) is 10.7. The second-order valence-electron chi connectivity index (χ2n) is 4.45. The molecule has 17 heavy (non-hydrogen) atoms. The van der Waals surface area contributed by atoms with Crippen molar-refractivity contribution in [1.82, 2.24) is 5.32 Å². The van der Waals surface area contributed by atoms with Gasteiger partial charge in [-0.15, -0.1) is 0 Å². The summed E-state index contributed by atoms with van der Waals surface area (Å²) in [7, 11) is 2.03. The van der Waals surface area contributed by atoms with Crippen LogP contribution < -0.4 is 5.32 Å². The average Bonchev–Trinajstić information content (AvgIpc) is 2.36. The van der Waals surface area contributed by atoms with Gasteiger partial charge in [0, 0.05) is 13.2 Å². The highest BCUT2D eigenvalue weighted by Crippen LogP contribution is 2.13. The van der Waals surface area contributed by atoms with Gasteiger partial charge in [0.05, 0.1) is 0 Å². The van der Waals surface area contributed by atoms with E-state index in [0.717, 1.165) is 32.6 Å². The number of ether oxygens (including phenoxy) is 1. The number of hydrogen-bond donors (Lipinski definition) is 1. The summed E-state index contributed by atoms with van der Waals surface area (Å²) < 4.78 is 5.39. The molecule has 0 spiro atoms. The van der Waals surface area contributed by atoms with E-state index in [4.69, 9.17) is 4.74 Å². The first-order valence-corrected chi connectivity index (χ1v) is 6.63. The van der Waals surface area contributed by atoms with Crippen molar-refractivity contribution in [2.45, 2.75) is 26.2 Å². The smallest absolute Gasteiger partial charge is 0.0466 e. The molecule has 1 N–H and O–H groups in total. The van der Waals surface area contributed by atoms with Crippen molar-refractivity contribution in [3.63, 3.8) is 0 Å². The Bertz CT molecular complexity index is 274. The van der Waals surface area contributed by atoms with Crippen LogP contribution in [0.4, 0.5) is 0 Å². The maximum absolute atomic E-state index is 5.39. The van der Waals surface area contributed by atoms with Gasteiger partial charge >= 0.3 is 0 Å². The van der Waals surface area contributed by atoms with Crippen molar-refractivity contribution >= 4 is 0 Å². The molecule has 96 valence electrons. The Morgan fingerprint density at radius 2 is 2.00 bits per heavy atom. The van der Waals surface area contributed by atoms with Crippen LogP contribution in [0.3, 0.4) is 0 Å². The van der Waals surface area contributed by atoms with Crippen LogP contribution in [0.2, 0.25) is 0 Å². The lowest BCUT2D eigenvalue weighted by molar-refractivity contribution is 0.139. The molecule has 0 aliphatic rings. The summed E-state index contributed by atoms with van der Waals surface area (Å²) in [5.41, 5.74) is 1.43. The van der Waals surface area contributed by atoms with Crippen molar-refractivity contribution in [3.8, 4) is 0 Å². The summed E-state index contributed by atoms with van der Waals surface area (Å²) in [5.74, 6) is 0.711. The zero-order valence-corrected chi connectivity index (χ0v) is 11.1. The van der Waals surface area contributed by atoms with Crippen LogP contribution in [0.15, 0.2) is 30.3 Å². The van der Waals surface area contributed by atoms with E-state index >= 15 is 0 Å². The number of benzene rings is 1. The first-order valence-electron chi connectivity index (χ1n) is 6.63. The lowest BCUT2D eigenvalue weighted by Crippen LogP contribution is -2.21. The molecule has 0 saturated carbocycles. The Labute approximate surface area is 105 Å². The van der Waals surface area contributed by atoms with Gasteiger partial charge in [-0.25, -0.2) is 0 Å². The van der Waals surface area contributed by atoms with Gasteiger partial charge < -0.3 is 10.1 Å². The zero-order valence-electron chi connectivity index (χ0n) is 11.1. The molecule has 2 heteroatoms. The molecule has 0 saturated heterocycles. The molecule has 1 atom stereocenters. The minimum atomic E-state index is 0.711. The Kier molecular flexibility index (Phi) is 7.69. The lowest BCUT2D eigenvalue weighted by Gasteiger charge is -2.16. The SMILES string of the molecule is CCOCCCC(CNC)Cc1ccccc1. The second-order valence-corrected chi connectivity index (χ2v) is 4.45. The molecule has 0 radical (unpaired) electrons. The predicted octanol–water partition coefficient (Wildman–Crippen LogP) is 2.88. The van der Waals surface area contributed by atoms with Crippen LogP contribution in [-0.2, 0) is 11.2 Å². The van der Waals surface area contributed by atoms with Crippen LogP contribution in [0.5, 0.6) is 0 Å². The minimum Gasteiger partial charge on any atom is -0.382 e. The van der Waals surface area contributed by atoms with Gasteiger partial charge in [0.1, 0.15) is 0 Å². The van der Waals surface area contributed by atoms with Crippen LogP contribution >= 0.6 is 0 Å². The maximum Gasteiger partial charge on any atom is 0.0466 e. The third-order valence-corrected chi connectivity index (χ3v) is 2.97. The number of nitrogens with one attached hydrogen (secondary N) is 1. The predicted molar refractivity (Wildman–Crippen MR) is 73.3 cm³/mol. The molecule has 1 aromatic rings. The topological polar surface area (TPSA) is 21.3 Å². The van der Waals surface area contributed by atoms with E-state index in [1.165, 1.54) is 12.0 Å². The minimum absolute atomic E-state index is 0.711. The van der Waals surface area contributed by atoms with E-state index in [0.29, 0.717) is 5.92 Å². The van der Waals surface area contributed by atoms with E-state index in [9.17, 15) is 0 Å². The third kappa shape index (κ3) is 6.44. The van der Waals surface area contributed by atoms with Crippen molar-refractivity contribution < 1.29 is 4.74 Å². The first-order chi connectivity index (χ1) is 8.36. The molecule has 0 aliphatic carbocycles. The molecule has 0 amide bonds. The summed E-state index contributed by atoms with van der Waals surface area (Å²) in [4.78, 5) is 0. The maximum atomic E-state index is 5.39. The fourth-order valence-electron chi connectivity index (χ4n) is 2.13. The number of rotatable bonds is 9. The van der Waals surface area contributed by atoms with Crippen molar-refractivity contribution in [3.05, 3.63) is 35.9 Å². The molecule has 1 aromatic carbocycles. The average molecular weight is 235 g/mol. The van der Waals surface area contributed by atoms with Gasteiger partial charge in [-0.05, 0) is 51.3 Å². The second kappa shape index (κ2) is 9.20. The van der Waals surface area contributed by atoms with Gasteiger partial charge in [0.25, 0.3) is 0 Å². The molecule has 2 nitrogen and oxygen atoms in total. The molecule has 1 unspecified atom stereocenters. The molecule has 1 rings (SSSR count). The molecular formula is C15H25NO. The summed E-state index contributed by atoms with van der Waals surface area (Å²) in [6.45, 7) is 4.86. The highest BCUT2D eigenvalue weighted by molar-refractivity contribution is 5.15. The van der Waals surface area contributed by atoms with Crippen LogP contribution in [0, 0.1) is 5.92 Å². The van der Waals surface area contributed by atoms with Gasteiger partial charge in [0.2, 0.25) is 0 Å². The molecule has 0 aliphatic heterocycles. The fraction of sp³-hybridized carbons (Fsp3) is 0.600. The molecular weight excluding hydrogens is 210 g/mol.